The smallest absolute Gasteiger partial charge is 0.330 e. The maximum absolute atomic E-state index is 11.1. The lowest BCUT2D eigenvalue weighted by molar-refractivity contribution is 0.292. The first-order valence-electron chi connectivity index (χ1n) is 4.81. The molecule has 1 unspecified atom stereocenters. The van der Waals surface area contributed by atoms with Gasteiger partial charge in [-0.2, -0.15) is 0 Å². The van der Waals surface area contributed by atoms with Crippen LogP contribution in [0.3, 0.4) is 0 Å². The third-order valence-electron chi connectivity index (χ3n) is 2.87. The molecule has 0 aliphatic heterocycles. The summed E-state index contributed by atoms with van der Waals surface area (Å²) in [7, 11) is -3.97. The molecule has 0 spiro atoms. The molecule has 0 bridgehead atoms. The van der Waals surface area contributed by atoms with Crippen molar-refractivity contribution in [3.63, 3.8) is 0 Å². The van der Waals surface area contributed by atoms with Gasteiger partial charge in [0.05, 0.1) is 5.66 Å². The van der Waals surface area contributed by atoms with E-state index in [4.69, 9.17) is 15.5 Å². The highest BCUT2D eigenvalue weighted by Crippen LogP contribution is 2.47. The number of hydrogen-bond donors (Lipinski definition) is 3. The van der Waals surface area contributed by atoms with Crippen LogP contribution in [0.4, 0.5) is 0 Å². The average Bonchev–Trinajstić information content (AvgIpc) is 2.05. The summed E-state index contributed by atoms with van der Waals surface area (Å²) in [5.41, 5.74) is 4.79. The zero-order valence-electron chi connectivity index (χ0n) is 7.72. The van der Waals surface area contributed by atoms with E-state index in [9.17, 15) is 4.57 Å². The highest BCUT2D eigenvalue weighted by Gasteiger charge is 2.35. The van der Waals surface area contributed by atoms with Crippen LogP contribution in [0, 0.1) is 5.92 Å². The molecule has 1 aliphatic carbocycles. The maximum Gasteiger partial charge on any atom is 0.330 e. The van der Waals surface area contributed by atoms with Crippen molar-refractivity contribution in [1.29, 1.82) is 0 Å². The van der Waals surface area contributed by atoms with Gasteiger partial charge < -0.3 is 15.5 Å². The second-order valence-corrected chi connectivity index (χ2v) is 5.63. The van der Waals surface area contributed by atoms with Crippen LogP contribution in [-0.2, 0) is 4.57 Å². The minimum atomic E-state index is -3.97. The lowest BCUT2D eigenvalue weighted by Gasteiger charge is -2.29. The van der Waals surface area contributed by atoms with Gasteiger partial charge in [0.15, 0.2) is 0 Å². The molecule has 5 heteroatoms. The molecule has 4 nitrogen and oxygen atoms in total. The molecule has 0 amide bonds. The first-order valence-corrected chi connectivity index (χ1v) is 6.49. The third-order valence-corrected chi connectivity index (χ3v) is 4.36. The molecular weight excluding hydrogens is 189 g/mol. The molecule has 4 N–H and O–H groups in total. The van der Waals surface area contributed by atoms with E-state index in [0.717, 1.165) is 25.7 Å². The minimum Gasteiger partial charge on any atom is -0.330 e. The summed E-state index contributed by atoms with van der Waals surface area (Å²) in [6.45, 7) is 0.106. The molecule has 0 aromatic carbocycles. The van der Waals surface area contributed by atoms with Gasteiger partial charge in [-0.3, -0.25) is 4.57 Å². The van der Waals surface area contributed by atoms with Gasteiger partial charge in [0.1, 0.15) is 0 Å². The van der Waals surface area contributed by atoms with Gasteiger partial charge in [0, 0.05) is 6.54 Å². The number of rotatable bonds is 3. The van der Waals surface area contributed by atoms with Gasteiger partial charge >= 0.3 is 7.60 Å². The van der Waals surface area contributed by atoms with E-state index < -0.39 is 13.3 Å². The maximum atomic E-state index is 11.1. The molecule has 1 saturated carbocycles. The van der Waals surface area contributed by atoms with Crippen molar-refractivity contribution in [2.45, 2.75) is 37.8 Å². The summed E-state index contributed by atoms with van der Waals surface area (Å²) in [6.07, 6.45) is 5.21. The van der Waals surface area contributed by atoms with E-state index in [1.54, 1.807) is 0 Å². The minimum absolute atomic E-state index is 0.106. The third kappa shape index (κ3) is 3.06. The molecule has 1 rings (SSSR count). The van der Waals surface area contributed by atoms with Gasteiger partial charge in [-0.05, 0) is 18.8 Å². The molecule has 13 heavy (non-hydrogen) atoms. The van der Waals surface area contributed by atoms with Crippen molar-refractivity contribution in [2.75, 3.05) is 6.54 Å². The summed E-state index contributed by atoms with van der Waals surface area (Å²) in [4.78, 5) is 18.1. The molecular formula is C8H18NO3P. The Labute approximate surface area is 78.7 Å². The van der Waals surface area contributed by atoms with E-state index in [1.807, 2.05) is 0 Å². The Bertz CT molecular complexity index is 198. The fourth-order valence-electron chi connectivity index (χ4n) is 2.12. The van der Waals surface area contributed by atoms with E-state index in [-0.39, 0.29) is 12.5 Å². The first kappa shape index (κ1) is 11.2. The van der Waals surface area contributed by atoms with Gasteiger partial charge in [-0.1, -0.05) is 19.3 Å². The topological polar surface area (TPSA) is 83.6 Å². The SMILES string of the molecule is NCC(C1CCCCC1)P(=O)(O)O. The first-order chi connectivity index (χ1) is 6.05. The molecule has 1 atom stereocenters. The highest BCUT2D eigenvalue weighted by molar-refractivity contribution is 7.52. The Hall–Kier alpha value is 0.110. The highest BCUT2D eigenvalue weighted by atomic mass is 31.2. The standard InChI is InChI=1S/C8H18NO3P/c9-6-8(13(10,11)12)7-4-2-1-3-5-7/h7-8H,1-6,9H2,(H2,10,11,12). The molecule has 0 radical (unpaired) electrons. The van der Waals surface area contributed by atoms with Crippen molar-refractivity contribution in [3.05, 3.63) is 0 Å². The Morgan fingerprint density at radius 3 is 2.23 bits per heavy atom. The summed E-state index contributed by atoms with van der Waals surface area (Å²) in [5.74, 6) is 0.139. The predicted octanol–water partition coefficient (Wildman–Crippen LogP) is 1.07. The fourth-order valence-corrected chi connectivity index (χ4v) is 3.25. The van der Waals surface area contributed by atoms with E-state index >= 15 is 0 Å². The summed E-state index contributed by atoms with van der Waals surface area (Å²) >= 11 is 0. The molecule has 78 valence electrons. The second kappa shape index (κ2) is 4.56. The van der Waals surface area contributed by atoms with Crippen LogP contribution in [0.2, 0.25) is 0 Å². The Morgan fingerprint density at radius 1 is 1.31 bits per heavy atom. The second-order valence-electron chi connectivity index (χ2n) is 3.79. The molecule has 0 aromatic heterocycles. The zero-order valence-corrected chi connectivity index (χ0v) is 8.62. The van der Waals surface area contributed by atoms with Gasteiger partial charge in [0.25, 0.3) is 0 Å². The van der Waals surface area contributed by atoms with Gasteiger partial charge in [0.2, 0.25) is 0 Å². The Morgan fingerprint density at radius 2 is 1.85 bits per heavy atom. The van der Waals surface area contributed by atoms with Crippen LogP contribution in [-0.4, -0.2) is 22.0 Å². The zero-order chi connectivity index (χ0) is 9.90. The average molecular weight is 207 g/mol. The van der Waals surface area contributed by atoms with Crippen molar-refractivity contribution in [3.8, 4) is 0 Å². The van der Waals surface area contributed by atoms with E-state index in [2.05, 4.69) is 0 Å². The summed E-state index contributed by atoms with van der Waals surface area (Å²) < 4.78 is 11.1. The number of nitrogens with two attached hydrogens (primary N) is 1. The van der Waals surface area contributed by atoms with Crippen LogP contribution in [0.1, 0.15) is 32.1 Å². The fraction of sp³-hybridized carbons (Fsp3) is 1.00. The monoisotopic (exact) mass is 207 g/mol. The molecule has 1 aliphatic rings. The van der Waals surface area contributed by atoms with Crippen LogP contribution in [0.15, 0.2) is 0 Å². The normalized spacial score (nSPS) is 23.0. The van der Waals surface area contributed by atoms with Crippen LogP contribution >= 0.6 is 7.60 Å². The van der Waals surface area contributed by atoms with Crippen molar-refractivity contribution in [2.24, 2.45) is 11.7 Å². The van der Waals surface area contributed by atoms with E-state index in [1.165, 1.54) is 6.42 Å². The lowest BCUT2D eigenvalue weighted by Crippen LogP contribution is -2.30. The Kier molecular flexibility index (Phi) is 3.92. The lowest BCUT2D eigenvalue weighted by atomic mass is 9.87. The van der Waals surface area contributed by atoms with Gasteiger partial charge in [-0.15, -0.1) is 0 Å². The van der Waals surface area contributed by atoms with Crippen LogP contribution < -0.4 is 5.73 Å². The van der Waals surface area contributed by atoms with Crippen molar-refractivity contribution < 1.29 is 14.4 Å². The molecule has 0 aromatic rings. The Balaban J connectivity index is 2.59. The molecule has 1 fully saturated rings. The number of hydrogen-bond acceptors (Lipinski definition) is 2. The largest absolute Gasteiger partial charge is 0.330 e. The van der Waals surface area contributed by atoms with E-state index in [0.29, 0.717) is 0 Å². The molecule has 0 heterocycles. The van der Waals surface area contributed by atoms with Crippen molar-refractivity contribution >= 4 is 7.60 Å². The van der Waals surface area contributed by atoms with Crippen LogP contribution in [0.5, 0.6) is 0 Å². The summed E-state index contributed by atoms with van der Waals surface area (Å²) in [5, 5.41) is 0. The molecule has 0 saturated heterocycles. The summed E-state index contributed by atoms with van der Waals surface area (Å²) in [6, 6.07) is 0. The van der Waals surface area contributed by atoms with Crippen molar-refractivity contribution in [1.82, 2.24) is 0 Å². The van der Waals surface area contributed by atoms with Gasteiger partial charge in [-0.25, -0.2) is 0 Å². The van der Waals surface area contributed by atoms with Crippen LogP contribution in [0.25, 0.3) is 0 Å². The predicted molar refractivity (Wildman–Crippen MR) is 51.5 cm³/mol. The quantitative estimate of drug-likeness (QED) is 0.604.